The number of ether oxygens (including phenoxy) is 2. The molecule has 2 aromatic rings. The van der Waals surface area contributed by atoms with Crippen LogP contribution in [0.25, 0.3) is 0 Å². The van der Waals surface area contributed by atoms with Crippen LogP contribution in [0.4, 0.5) is 11.4 Å². The zero-order valence-corrected chi connectivity index (χ0v) is 16.3. The van der Waals surface area contributed by atoms with Crippen molar-refractivity contribution < 1.29 is 24.0 Å². The molecule has 0 N–H and O–H groups in total. The van der Waals surface area contributed by atoms with E-state index >= 15 is 0 Å². The van der Waals surface area contributed by atoms with E-state index in [1.54, 1.807) is 18.2 Å². The van der Waals surface area contributed by atoms with Crippen molar-refractivity contribution in [3.05, 3.63) is 69.3 Å². The Kier molecular flexibility index (Phi) is 6.11. The van der Waals surface area contributed by atoms with Crippen LogP contribution in [0.15, 0.2) is 42.5 Å². The molecule has 8 nitrogen and oxygen atoms in total. The summed E-state index contributed by atoms with van der Waals surface area (Å²) in [5.41, 5.74) is 2.53. The molecule has 0 aliphatic carbocycles. The molecule has 8 heteroatoms. The molecule has 0 bridgehead atoms. The van der Waals surface area contributed by atoms with Gasteiger partial charge < -0.3 is 14.4 Å². The molecule has 1 atom stereocenters. The Morgan fingerprint density at radius 3 is 2.59 bits per heavy atom. The lowest BCUT2D eigenvalue weighted by atomic mass is 10.1. The summed E-state index contributed by atoms with van der Waals surface area (Å²) in [6.45, 7) is 2.51. The van der Waals surface area contributed by atoms with Gasteiger partial charge in [-0.2, -0.15) is 0 Å². The van der Waals surface area contributed by atoms with Gasteiger partial charge in [0, 0.05) is 18.7 Å². The number of carbonyl (C=O) groups excluding carboxylic acids is 2. The van der Waals surface area contributed by atoms with E-state index in [-0.39, 0.29) is 18.3 Å². The Hall–Kier alpha value is -3.42. The Morgan fingerprint density at radius 1 is 1.21 bits per heavy atom. The maximum atomic E-state index is 12.8. The quantitative estimate of drug-likeness (QED) is 0.418. The van der Waals surface area contributed by atoms with Crippen LogP contribution in [-0.2, 0) is 20.9 Å². The van der Waals surface area contributed by atoms with Gasteiger partial charge in [-0.3, -0.25) is 10.1 Å². The lowest BCUT2D eigenvalue weighted by molar-refractivity contribution is -0.384. The van der Waals surface area contributed by atoms with Gasteiger partial charge in [0.15, 0.2) is 0 Å². The molecule has 1 saturated heterocycles. The van der Waals surface area contributed by atoms with E-state index in [0.29, 0.717) is 29.8 Å². The average molecular weight is 398 g/mol. The van der Waals surface area contributed by atoms with Gasteiger partial charge in [0.1, 0.15) is 12.6 Å². The van der Waals surface area contributed by atoms with Crippen molar-refractivity contribution in [1.82, 2.24) is 0 Å². The van der Waals surface area contributed by atoms with Gasteiger partial charge >= 0.3 is 11.9 Å². The first-order chi connectivity index (χ1) is 13.9. The summed E-state index contributed by atoms with van der Waals surface area (Å²) in [5.74, 6) is -0.842. The highest BCUT2D eigenvalue weighted by atomic mass is 16.6. The molecule has 0 unspecified atom stereocenters. The number of non-ortho nitro benzene ring substituents is 1. The molecule has 2 aromatic carbocycles. The Morgan fingerprint density at radius 2 is 1.93 bits per heavy atom. The summed E-state index contributed by atoms with van der Waals surface area (Å²) >= 11 is 0. The van der Waals surface area contributed by atoms with Gasteiger partial charge in [-0.05, 0) is 49.6 Å². The van der Waals surface area contributed by atoms with Crippen LogP contribution in [0.2, 0.25) is 0 Å². The monoisotopic (exact) mass is 398 g/mol. The maximum absolute atomic E-state index is 12.8. The zero-order valence-electron chi connectivity index (χ0n) is 16.3. The minimum Gasteiger partial charge on any atom is -0.467 e. The highest BCUT2D eigenvalue weighted by Crippen LogP contribution is 2.31. The summed E-state index contributed by atoms with van der Waals surface area (Å²) in [4.78, 5) is 37.0. The topological polar surface area (TPSA) is 99.0 Å². The van der Waals surface area contributed by atoms with Crippen LogP contribution in [0.1, 0.15) is 34.3 Å². The maximum Gasteiger partial charge on any atom is 0.340 e. The summed E-state index contributed by atoms with van der Waals surface area (Å²) in [5, 5.41) is 10.7. The van der Waals surface area contributed by atoms with Gasteiger partial charge in [0.25, 0.3) is 5.69 Å². The van der Waals surface area contributed by atoms with Gasteiger partial charge in [0.2, 0.25) is 0 Å². The van der Waals surface area contributed by atoms with E-state index in [2.05, 4.69) is 0 Å². The molecule has 3 rings (SSSR count). The molecule has 0 amide bonds. The largest absolute Gasteiger partial charge is 0.467 e. The SMILES string of the molecule is COC(=O)[C@@H]1CCCN1c1ccc(C)cc1C(=O)OCc1ccc([N+](=O)[O-])cc1. The number of hydrogen-bond acceptors (Lipinski definition) is 7. The third-order valence-electron chi connectivity index (χ3n) is 4.92. The normalized spacial score (nSPS) is 15.8. The van der Waals surface area contributed by atoms with Crippen LogP contribution in [-0.4, -0.2) is 36.6 Å². The van der Waals surface area contributed by atoms with E-state index in [1.165, 1.54) is 19.2 Å². The minimum absolute atomic E-state index is 0.00929. The molecule has 1 heterocycles. The Balaban J connectivity index is 1.79. The molecular formula is C21H22N2O6. The van der Waals surface area contributed by atoms with Gasteiger partial charge in [0.05, 0.1) is 23.3 Å². The number of hydrogen-bond donors (Lipinski definition) is 0. The fourth-order valence-corrected chi connectivity index (χ4v) is 3.44. The van der Waals surface area contributed by atoms with Crippen molar-refractivity contribution in [3.8, 4) is 0 Å². The lowest BCUT2D eigenvalue weighted by Gasteiger charge is -2.26. The number of aryl methyl sites for hydroxylation is 1. The summed E-state index contributed by atoms with van der Waals surface area (Å²) in [7, 11) is 1.35. The number of nitro benzene ring substituents is 1. The van der Waals surface area contributed by atoms with E-state index in [1.807, 2.05) is 24.0 Å². The van der Waals surface area contributed by atoms with Crippen LogP contribution in [0.3, 0.4) is 0 Å². The number of methoxy groups -OCH3 is 1. The number of esters is 2. The molecule has 0 spiro atoms. The number of carbonyl (C=O) groups is 2. The van der Waals surface area contributed by atoms with Crippen LogP contribution in [0, 0.1) is 17.0 Å². The third kappa shape index (κ3) is 4.53. The minimum atomic E-state index is -0.516. The number of rotatable bonds is 6. The third-order valence-corrected chi connectivity index (χ3v) is 4.92. The van der Waals surface area contributed by atoms with Crippen molar-refractivity contribution >= 4 is 23.3 Å². The highest BCUT2D eigenvalue weighted by Gasteiger charge is 2.34. The van der Waals surface area contributed by atoms with Crippen LogP contribution < -0.4 is 4.90 Å². The predicted octanol–water partition coefficient (Wildman–Crippen LogP) is 3.40. The Labute approximate surface area is 168 Å². The van der Waals surface area contributed by atoms with Crippen molar-refractivity contribution in [1.29, 1.82) is 0 Å². The summed E-state index contributed by atoms with van der Waals surface area (Å²) in [6.07, 6.45) is 1.49. The summed E-state index contributed by atoms with van der Waals surface area (Å²) in [6, 6.07) is 10.9. The molecule has 0 aromatic heterocycles. The highest BCUT2D eigenvalue weighted by molar-refractivity contribution is 5.97. The first-order valence-corrected chi connectivity index (χ1v) is 9.26. The van der Waals surface area contributed by atoms with E-state index in [0.717, 1.165) is 12.0 Å². The average Bonchev–Trinajstić information content (AvgIpc) is 3.21. The first kappa shape index (κ1) is 20.3. The molecule has 0 radical (unpaired) electrons. The van der Waals surface area contributed by atoms with Gasteiger partial charge in [-0.1, -0.05) is 11.6 Å². The second-order valence-corrected chi connectivity index (χ2v) is 6.89. The smallest absolute Gasteiger partial charge is 0.340 e. The number of benzene rings is 2. The van der Waals surface area contributed by atoms with Crippen molar-refractivity contribution in [2.75, 3.05) is 18.6 Å². The number of anilines is 1. The van der Waals surface area contributed by atoms with Crippen molar-refractivity contribution in [2.45, 2.75) is 32.4 Å². The molecule has 1 aliphatic heterocycles. The van der Waals surface area contributed by atoms with Crippen LogP contribution in [0.5, 0.6) is 0 Å². The fraction of sp³-hybridized carbons (Fsp3) is 0.333. The number of nitro groups is 1. The zero-order chi connectivity index (χ0) is 21.0. The molecule has 29 heavy (non-hydrogen) atoms. The van der Waals surface area contributed by atoms with Crippen molar-refractivity contribution in [2.24, 2.45) is 0 Å². The second-order valence-electron chi connectivity index (χ2n) is 6.89. The number of nitrogens with zero attached hydrogens (tertiary/aromatic N) is 2. The predicted molar refractivity (Wildman–Crippen MR) is 106 cm³/mol. The second kappa shape index (κ2) is 8.72. The van der Waals surface area contributed by atoms with E-state index < -0.39 is 16.9 Å². The first-order valence-electron chi connectivity index (χ1n) is 9.26. The van der Waals surface area contributed by atoms with Gasteiger partial charge in [-0.25, -0.2) is 9.59 Å². The van der Waals surface area contributed by atoms with E-state index in [9.17, 15) is 19.7 Å². The van der Waals surface area contributed by atoms with Crippen LogP contribution >= 0.6 is 0 Å². The lowest BCUT2D eigenvalue weighted by Crippen LogP contribution is -2.37. The molecule has 1 aliphatic rings. The van der Waals surface area contributed by atoms with E-state index in [4.69, 9.17) is 9.47 Å². The van der Waals surface area contributed by atoms with Crippen molar-refractivity contribution in [3.63, 3.8) is 0 Å². The van der Waals surface area contributed by atoms with Gasteiger partial charge in [-0.15, -0.1) is 0 Å². The fourth-order valence-electron chi connectivity index (χ4n) is 3.44. The standard InChI is InChI=1S/C21H22N2O6/c1-14-5-10-18(22-11-3-4-19(22)21(25)28-2)17(12-14)20(24)29-13-15-6-8-16(9-7-15)23(26)27/h5-10,12,19H,3-4,11,13H2,1-2H3/t19-/m0/s1. The molecular weight excluding hydrogens is 376 g/mol. The summed E-state index contributed by atoms with van der Waals surface area (Å²) < 4.78 is 10.3. The Bertz CT molecular complexity index is 925. The molecule has 152 valence electrons. The molecule has 0 saturated carbocycles. The molecule has 1 fully saturated rings.